The Labute approximate surface area is 125 Å². The molecule has 0 saturated carbocycles. The summed E-state index contributed by atoms with van der Waals surface area (Å²) in [7, 11) is 1.75. The molecule has 2 N–H and O–H groups in total. The number of aryl methyl sites for hydroxylation is 1. The second-order valence-electron chi connectivity index (χ2n) is 6.56. The number of nitro groups is 1. The Morgan fingerprint density at radius 2 is 2.29 bits per heavy atom. The van der Waals surface area contributed by atoms with Gasteiger partial charge in [0.25, 0.3) is 0 Å². The lowest BCUT2D eigenvalue weighted by Gasteiger charge is -2.34. The summed E-state index contributed by atoms with van der Waals surface area (Å²) < 4.78 is 1.59. The first kappa shape index (κ1) is 15.8. The molecule has 1 aromatic rings. The van der Waals surface area contributed by atoms with Crippen LogP contribution in [0.4, 0.5) is 11.5 Å². The number of nitrogens with zero attached hydrogens (tertiary/aromatic N) is 3. The number of aromatic nitrogens is 2. The smallest absolute Gasteiger partial charge is 0.334 e. The lowest BCUT2D eigenvalue weighted by atomic mass is 9.83. The Morgan fingerprint density at radius 3 is 2.81 bits per heavy atom. The number of nitrogens with one attached hydrogen (secondary N) is 2. The van der Waals surface area contributed by atoms with Crippen LogP contribution >= 0.6 is 0 Å². The number of anilines is 1. The average molecular weight is 295 g/mol. The molecule has 1 aromatic heterocycles. The van der Waals surface area contributed by atoms with Gasteiger partial charge in [-0.05, 0) is 24.8 Å². The zero-order valence-electron chi connectivity index (χ0n) is 13.3. The Kier molecular flexibility index (Phi) is 4.51. The lowest BCUT2D eigenvalue weighted by molar-refractivity contribution is -0.384. The van der Waals surface area contributed by atoms with Crippen molar-refractivity contribution < 1.29 is 4.92 Å². The van der Waals surface area contributed by atoms with Gasteiger partial charge in [-0.2, -0.15) is 5.10 Å². The topological polar surface area (TPSA) is 85.0 Å². The first-order chi connectivity index (χ1) is 9.84. The molecule has 0 bridgehead atoms. The van der Waals surface area contributed by atoms with Crippen molar-refractivity contribution in [1.29, 1.82) is 0 Å². The molecule has 1 aliphatic heterocycles. The maximum absolute atomic E-state index is 11.4. The second kappa shape index (κ2) is 6.01. The highest BCUT2D eigenvalue weighted by Crippen LogP contribution is 2.34. The van der Waals surface area contributed by atoms with Gasteiger partial charge in [0.15, 0.2) is 0 Å². The van der Waals surface area contributed by atoms with E-state index in [1.54, 1.807) is 11.7 Å². The van der Waals surface area contributed by atoms with Crippen LogP contribution in [0.2, 0.25) is 0 Å². The van der Waals surface area contributed by atoms with Crippen molar-refractivity contribution in [1.82, 2.24) is 15.1 Å². The van der Waals surface area contributed by atoms with E-state index in [1.165, 1.54) is 0 Å². The second-order valence-corrected chi connectivity index (χ2v) is 6.56. The molecule has 21 heavy (non-hydrogen) atoms. The zero-order chi connectivity index (χ0) is 15.6. The van der Waals surface area contributed by atoms with Crippen LogP contribution in [-0.4, -0.2) is 34.3 Å². The molecule has 2 heterocycles. The fourth-order valence-electron chi connectivity index (χ4n) is 2.87. The van der Waals surface area contributed by atoms with Crippen molar-refractivity contribution in [3.63, 3.8) is 0 Å². The monoisotopic (exact) mass is 295 g/mol. The molecule has 0 radical (unpaired) electrons. The summed E-state index contributed by atoms with van der Waals surface area (Å²) in [4.78, 5) is 11.1. The summed E-state index contributed by atoms with van der Waals surface area (Å²) in [5.74, 6) is 0.537. The van der Waals surface area contributed by atoms with Gasteiger partial charge in [0.2, 0.25) is 5.82 Å². The van der Waals surface area contributed by atoms with Crippen molar-refractivity contribution in [3.8, 4) is 0 Å². The number of hydrogen-bond donors (Lipinski definition) is 2. The zero-order valence-corrected chi connectivity index (χ0v) is 13.3. The van der Waals surface area contributed by atoms with Crippen molar-refractivity contribution in [3.05, 3.63) is 15.8 Å². The summed E-state index contributed by atoms with van der Waals surface area (Å²) in [5, 5.41) is 22.4. The van der Waals surface area contributed by atoms with E-state index >= 15 is 0 Å². The first-order valence-electron chi connectivity index (χ1n) is 7.50. The molecule has 1 aliphatic rings. The van der Waals surface area contributed by atoms with Crippen LogP contribution in [0.1, 0.15) is 45.2 Å². The number of hydrogen-bond acceptors (Lipinski definition) is 5. The summed E-state index contributed by atoms with van der Waals surface area (Å²) >= 11 is 0. The number of piperidine rings is 1. The molecule has 1 fully saturated rings. The minimum Gasteiger partial charge on any atom is -0.364 e. The van der Waals surface area contributed by atoms with Crippen LogP contribution in [0, 0.1) is 15.5 Å². The van der Waals surface area contributed by atoms with E-state index < -0.39 is 0 Å². The first-order valence-corrected chi connectivity index (χ1v) is 7.50. The normalized spacial score (nSPS) is 22.5. The summed E-state index contributed by atoms with van der Waals surface area (Å²) in [6.45, 7) is 8.74. The van der Waals surface area contributed by atoms with Crippen molar-refractivity contribution in [2.45, 2.75) is 39.5 Å². The maximum Gasteiger partial charge on any atom is 0.334 e. The van der Waals surface area contributed by atoms with E-state index in [9.17, 15) is 10.1 Å². The van der Waals surface area contributed by atoms with Gasteiger partial charge < -0.3 is 10.6 Å². The molecule has 7 heteroatoms. The SMILES string of the molecule is CC(C)c1nn(C)c(NCC2(C)CCCNC2)c1[N+](=O)[O-]. The van der Waals surface area contributed by atoms with Crippen LogP contribution in [0.15, 0.2) is 0 Å². The van der Waals surface area contributed by atoms with E-state index in [1.807, 2.05) is 13.8 Å². The molecule has 1 unspecified atom stereocenters. The molecule has 2 rings (SSSR count). The highest BCUT2D eigenvalue weighted by atomic mass is 16.6. The predicted molar refractivity (Wildman–Crippen MR) is 82.7 cm³/mol. The third-order valence-electron chi connectivity index (χ3n) is 4.15. The largest absolute Gasteiger partial charge is 0.364 e. The Morgan fingerprint density at radius 1 is 1.57 bits per heavy atom. The Hall–Kier alpha value is -1.63. The standard InChI is InChI=1S/C14H25N5O2/c1-10(2)11-12(19(20)21)13(18(4)17-11)16-9-14(3)6-5-7-15-8-14/h10,15-16H,5-9H2,1-4H3. The molecule has 7 nitrogen and oxygen atoms in total. The van der Waals surface area contributed by atoms with Gasteiger partial charge in [-0.3, -0.25) is 10.1 Å². The van der Waals surface area contributed by atoms with E-state index in [0.29, 0.717) is 18.1 Å². The van der Waals surface area contributed by atoms with Gasteiger partial charge in [0.05, 0.1) is 4.92 Å². The van der Waals surface area contributed by atoms with Crippen LogP contribution in [0.25, 0.3) is 0 Å². The van der Waals surface area contributed by atoms with Crippen LogP contribution in [-0.2, 0) is 7.05 Å². The van der Waals surface area contributed by atoms with E-state index in [2.05, 4.69) is 22.7 Å². The van der Waals surface area contributed by atoms with Gasteiger partial charge in [0, 0.05) is 26.1 Å². The van der Waals surface area contributed by atoms with E-state index in [-0.39, 0.29) is 21.9 Å². The molecule has 0 amide bonds. The third kappa shape index (κ3) is 3.34. The number of rotatable bonds is 5. The summed E-state index contributed by atoms with van der Waals surface area (Å²) in [6, 6.07) is 0. The molecular formula is C14H25N5O2. The maximum atomic E-state index is 11.4. The fraction of sp³-hybridized carbons (Fsp3) is 0.786. The van der Waals surface area contributed by atoms with Crippen LogP contribution < -0.4 is 10.6 Å². The average Bonchev–Trinajstić information content (AvgIpc) is 2.75. The molecule has 1 atom stereocenters. The van der Waals surface area contributed by atoms with Crippen molar-refractivity contribution in [2.24, 2.45) is 12.5 Å². The molecular weight excluding hydrogens is 270 g/mol. The molecule has 1 saturated heterocycles. The van der Waals surface area contributed by atoms with E-state index in [4.69, 9.17) is 0 Å². The van der Waals surface area contributed by atoms with Gasteiger partial charge in [-0.15, -0.1) is 0 Å². The quantitative estimate of drug-likeness (QED) is 0.643. The minimum atomic E-state index is -0.327. The Balaban J connectivity index is 2.21. The van der Waals surface area contributed by atoms with Gasteiger partial charge in [-0.25, -0.2) is 4.68 Å². The van der Waals surface area contributed by atoms with Crippen LogP contribution in [0.5, 0.6) is 0 Å². The van der Waals surface area contributed by atoms with Crippen molar-refractivity contribution in [2.75, 3.05) is 25.0 Å². The van der Waals surface area contributed by atoms with Gasteiger partial charge in [-0.1, -0.05) is 20.8 Å². The van der Waals surface area contributed by atoms with E-state index in [0.717, 1.165) is 25.9 Å². The molecule has 0 spiro atoms. The fourth-order valence-corrected chi connectivity index (χ4v) is 2.87. The molecule has 0 aromatic carbocycles. The lowest BCUT2D eigenvalue weighted by Crippen LogP contribution is -2.42. The summed E-state index contributed by atoms with van der Waals surface area (Å²) in [5.41, 5.74) is 0.769. The molecule has 118 valence electrons. The summed E-state index contributed by atoms with van der Waals surface area (Å²) in [6.07, 6.45) is 2.26. The Bertz CT molecular complexity index is 518. The minimum absolute atomic E-state index is 0.0269. The van der Waals surface area contributed by atoms with Gasteiger partial charge in [0.1, 0.15) is 5.69 Å². The van der Waals surface area contributed by atoms with Gasteiger partial charge >= 0.3 is 5.69 Å². The van der Waals surface area contributed by atoms with Crippen LogP contribution in [0.3, 0.4) is 0 Å². The highest BCUT2D eigenvalue weighted by molar-refractivity contribution is 5.60. The van der Waals surface area contributed by atoms with Crippen molar-refractivity contribution >= 4 is 11.5 Å². The molecule has 0 aliphatic carbocycles. The third-order valence-corrected chi connectivity index (χ3v) is 4.15. The predicted octanol–water partition coefficient (Wildman–Crippen LogP) is 2.25. The highest BCUT2D eigenvalue weighted by Gasteiger charge is 2.31.